The monoisotopic (exact) mass is 291 g/mol. The Hall–Kier alpha value is -2.08. The summed E-state index contributed by atoms with van der Waals surface area (Å²) in [6.45, 7) is 1.09. The van der Waals surface area contributed by atoms with Gasteiger partial charge in [-0.15, -0.1) is 0 Å². The van der Waals surface area contributed by atoms with E-state index < -0.39 is 0 Å². The van der Waals surface area contributed by atoms with Crippen LogP contribution in [0.5, 0.6) is 0 Å². The third-order valence-corrected chi connectivity index (χ3v) is 4.71. The Morgan fingerprint density at radius 3 is 2.73 bits per heavy atom. The Kier molecular flexibility index (Phi) is 3.68. The molecule has 1 aliphatic carbocycles. The second kappa shape index (κ2) is 5.96. The van der Waals surface area contributed by atoms with Crippen LogP contribution >= 0.6 is 0 Å². The van der Waals surface area contributed by atoms with Gasteiger partial charge in [0.15, 0.2) is 0 Å². The summed E-state index contributed by atoms with van der Waals surface area (Å²) < 4.78 is 2.27. The van der Waals surface area contributed by atoms with Crippen LogP contribution in [0.25, 0.3) is 11.4 Å². The van der Waals surface area contributed by atoms with Gasteiger partial charge in [-0.25, -0.2) is 4.98 Å². The molecule has 112 valence electrons. The standard InChI is InChI=1S/C19H21N3/c1-2-6-15(5-1)8-9-16-10-11-17(20-13-16)18-14-22-12-4-3-7-19(22)21-18/h10-11,13-15H,1-7,12H2. The lowest BCUT2D eigenvalue weighted by atomic mass is 10.1. The lowest BCUT2D eigenvalue weighted by Crippen LogP contribution is -2.08. The van der Waals surface area contributed by atoms with Gasteiger partial charge >= 0.3 is 0 Å². The zero-order valence-corrected chi connectivity index (χ0v) is 12.9. The molecule has 0 amide bonds. The van der Waals surface area contributed by atoms with Gasteiger partial charge in [0.05, 0.1) is 5.69 Å². The molecule has 1 fully saturated rings. The second-order valence-corrected chi connectivity index (χ2v) is 6.38. The van der Waals surface area contributed by atoms with E-state index in [1.165, 1.54) is 44.3 Å². The van der Waals surface area contributed by atoms with E-state index in [4.69, 9.17) is 4.98 Å². The topological polar surface area (TPSA) is 30.7 Å². The summed E-state index contributed by atoms with van der Waals surface area (Å²) in [5.74, 6) is 8.46. The molecule has 0 aromatic carbocycles. The van der Waals surface area contributed by atoms with Crippen molar-refractivity contribution in [3.05, 3.63) is 35.9 Å². The number of nitrogens with zero attached hydrogens (tertiary/aromatic N) is 3. The van der Waals surface area contributed by atoms with E-state index in [-0.39, 0.29) is 0 Å². The minimum absolute atomic E-state index is 0.597. The summed E-state index contributed by atoms with van der Waals surface area (Å²) in [6.07, 6.45) is 12.8. The first kappa shape index (κ1) is 13.6. The third kappa shape index (κ3) is 2.78. The van der Waals surface area contributed by atoms with Gasteiger partial charge < -0.3 is 4.57 Å². The highest BCUT2D eigenvalue weighted by molar-refractivity contribution is 5.54. The number of hydrogen-bond donors (Lipinski definition) is 0. The second-order valence-electron chi connectivity index (χ2n) is 6.38. The molecule has 1 saturated carbocycles. The maximum atomic E-state index is 4.72. The smallest absolute Gasteiger partial charge is 0.109 e. The number of aromatic nitrogens is 3. The molecule has 0 unspecified atom stereocenters. The van der Waals surface area contributed by atoms with E-state index in [0.29, 0.717) is 5.92 Å². The lowest BCUT2D eigenvalue weighted by Gasteiger charge is -2.11. The lowest BCUT2D eigenvalue weighted by molar-refractivity contribution is 0.522. The number of pyridine rings is 1. The van der Waals surface area contributed by atoms with Crippen molar-refractivity contribution in [2.45, 2.75) is 51.5 Å². The Morgan fingerprint density at radius 1 is 1.05 bits per heavy atom. The molecule has 22 heavy (non-hydrogen) atoms. The van der Waals surface area contributed by atoms with Gasteiger partial charge in [-0.05, 0) is 37.8 Å². The van der Waals surface area contributed by atoms with Crippen LogP contribution in [0.4, 0.5) is 0 Å². The van der Waals surface area contributed by atoms with Crippen molar-refractivity contribution < 1.29 is 0 Å². The molecule has 0 spiro atoms. The van der Waals surface area contributed by atoms with Gasteiger partial charge in [-0.3, -0.25) is 4.98 Å². The molecule has 3 heterocycles. The molecule has 1 aliphatic heterocycles. The van der Waals surface area contributed by atoms with Crippen LogP contribution in [0.2, 0.25) is 0 Å². The number of fused-ring (bicyclic) bond motifs is 1. The van der Waals surface area contributed by atoms with Crippen molar-refractivity contribution in [2.24, 2.45) is 5.92 Å². The van der Waals surface area contributed by atoms with Crippen molar-refractivity contribution in [2.75, 3.05) is 0 Å². The van der Waals surface area contributed by atoms with Gasteiger partial charge in [0.2, 0.25) is 0 Å². The van der Waals surface area contributed by atoms with Crippen molar-refractivity contribution in [3.63, 3.8) is 0 Å². The molecular weight excluding hydrogens is 270 g/mol. The van der Waals surface area contributed by atoms with Crippen LogP contribution in [-0.4, -0.2) is 14.5 Å². The first-order valence-corrected chi connectivity index (χ1v) is 8.42. The summed E-state index contributed by atoms with van der Waals surface area (Å²) >= 11 is 0. The molecule has 2 aliphatic rings. The predicted octanol–water partition coefficient (Wildman–Crippen LogP) is 3.82. The highest BCUT2D eigenvalue weighted by Gasteiger charge is 2.14. The normalized spacial score (nSPS) is 17.8. The first-order valence-electron chi connectivity index (χ1n) is 8.42. The van der Waals surface area contributed by atoms with E-state index in [1.54, 1.807) is 0 Å². The molecule has 3 heteroatoms. The molecule has 2 aromatic rings. The van der Waals surface area contributed by atoms with Crippen LogP contribution in [0.15, 0.2) is 24.5 Å². The van der Waals surface area contributed by atoms with Crippen molar-refractivity contribution in [1.82, 2.24) is 14.5 Å². The average molecular weight is 291 g/mol. The summed E-state index contributed by atoms with van der Waals surface area (Å²) in [5, 5.41) is 0. The average Bonchev–Trinajstić information content (AvgIpc) is 3.22. The summed E-state index contributed by atoms with van der Waals surface area (Å²) in [6, 6.07) is 4.12. The zero-order chi connectivity index (χ0) is 14.8. The fourth-order valence-corrected chi connectivity index (χ4v) is 3.41. The van der Waals surface area contributed by atoms with Gasteiger partial charge in [0.1, 0.15) is 11.5 Å². The summed E-state index contributed by atoms with van der Waals surface area (Å²) in [5.41, 5.74) is 2.96. The molecule has 0 N–H and O–H groups in total. The molecule has 2 aromatic heterocycles. The number of rotatable bonds is 1. The maximum absolute atomic E-state index is 4.72. The Labute approximate surface area is 131 Å². The highest BCUT2D eigenvalue weighted by Crippen LogP contribution is 2.24. The predicted molar refractivity (Wildman–Crippen MR) is 87.2 cm³/mol. The molecule has 3 nitrogen and oxygen atoms in total. The molecule has 0 saturated heterocycles. The largest absolute Gasteiger partial charge is 0.334 e. The van der Waals surface area contributed by atoms with Crippen molar-refractivity contribution in [1.29, 1.82) is 0 Å². The van der Waals surface area contributed by atoms with Crippen LogP contribution in [0.3, 0.4) is 0 Å². The maximum Gasteiger partial charge on any atom is 0.109 e. The SMILES string of the molecule is C(#CC1CCCC1)c1ccc(-c2cn3c(n2)CCCC3)nc1. The van der Waals surface area contributed by atoms with E-state index in [9.17, 15) is 0 Å². The van der Waals surface area contributed by atoms with Crippen LogP contribution < -0.4 is 0 Å². The number of aryl methyl sites for hydroxylation is 2. The minimum Gasteiger partial charge on any atom is -0.334 e. The third-order valence-electron chi connectivity index (χ3n) is 4.71. The number of hydrogen-bond acceptors (Lipinski definition) is 2. The Bertz CT molecular complexity index is 686. The van der Waals surface area contributed by atoms with Crippen LogP contribution in [-0.2, 0) is 13.0 Å². The molecular formula is C19H21N3. The van der Waals surface area contributed by atoms with Crippen molar-refractivity contribution in [3.8, 4) is 23.2 Å². The first-order chi connectivity index (χ1) is 10.9. The Morgan fingerprint density at radius 2 is 1.95 bits per heavy atom. The van der Waals surface area contributed by atoms with Gasteiger partial charge in [0, 0.05) is 36.8 Å². The van der Waals surface area contributed by atoms with Crippen LogP contribution in [0, 0.1) is 17.8 Å². The van der Waals surface area contributed by atoms with Gasteiger partial charge in [0.25, 0.3) is 0 Å². The summed E-state index contributed by atoms with van der Waals surface area (Å²) in [4.78, 5) is 9.28. The van der Waals surface area contributed by atoms with E-state index in [1.807, 2.05) is 12.3 Å². The summed E-state index contributed by atoms with van der Waals surface area (Å²) in [7, 11) is 0. The van der Waals surface area contributed by atoms with Crippen molar-refractivity contribution >= 4 is 0 Å². The molecule has 0 radical (unpaired) electrons. The van der Waals surface area contributed by atoms with Gasteiger partial charge in [-0.1, -0.05) is 24.7 Å². The van der Waals surface area contributed by atoms with E-state index in [2.05, 4.69) is 33.7 Å². The quantitative estimate of drug-likeness (QED) is 0.748. The molecule has 0 atom stereocenters. The molecule has 4 rings (SSSR count). The minimum atomic E-state index is 0.597. The fourth-order valence-electron chi connectivity index (χ4n) is 3.41. The van der Waals surface area contributed by atoms with E-state index in [0.717, 1.165) is 29.9 Å². The highest BCUT2D eigenvalue weighted by atomic mass is 15.1. The van der Waals surface area contributed by atoms with Gasteiger partial charge in [-0.2, -0.15) is 0 Å². The number of imidazole rings is 1. The Balaban J connectivity index is 1.52. The molecule has 0 bridgehead atoms. The zero-order valence-electron chi connectivity index (χ0n) is 12.9. The van der Waals surface area contributed by atoms with Crippen LogP contribution in [0.1, 0.15) is 49.9 Å². The van der Waals surface area contributed by atoms with E-state index >= 15 is 0 Å². The fraction of sp³-hybridized carbons (Fsp3) is 0.474.